The van der Waals surface area contributed by atoms with Crippen LogP contribution in [0.4, 0.5) is 4.79 Å². The van der Waals surface area contributed by atoms with Crippen molar-refractivity contribution >= 4 is 23.8 Å². The Hall–Kier alpha value is -3.94. The molecule has 0 spiro atoms. The number of hydrazine groups is 1. The van der Waals surface area contributed by atoms with Gasteiger partial charge in [0.25, 0.3) is 11.8 Å². The molecule has 0 radical (unpaired) electrons. The van der Waals surface area contributed by atoms with Crippen LogP contribution in [-0.4, -0.2) is 35.4 Å². The molecule has 2 aromatic rings. The Morgan fingerprint density at radius 1 is 1.00 bits per heavy atom. The molecule has 8 nitrogen and oxygen atoms in total. The zero-order valence-electron chi connectivity index (χ0n) is 16.5. The van der Waals surface area contributed by atoms with E-state index in [1.54, 1.807) is 74.5 Å². The van der Waals surface area contributed by atoms with Gasteiger partial charge in [0.15, 0.2) is 12.1 Å². The van der Waals surface area contributed by atoms with Crippen molar-refractivity contribution in [1.29, 1.82) is 0 Å². The number of amides is 4. The molecule has 8 heteroatoms. The topological polar surface area (TPSA) is 105 Å². The molecule has 0 saturated carbocycles. The molecule has 0 unspecified atom stereocenters. The van der Waals surface area contributed by atoms with Crippen LogP contribution in [0.2, 0.25) is 0 Å². The van der Waals surface area contributed by atoms with Gasteiger partial charge in [0.05, 0.1) is 0 Å². The molecule has 154 valence electrons. The fourth-order valence-electron chi connectivity index (χ4n) is 3.14. The third-order valence-electron chi connectivity index (χ3n) is 4.42. The highest BCUT2D eigenvalue weighted by molar-refractivity contribution is 6.10. The van der Waals surface area contributed by atoms with Gasteiger partial charge in [-0.05, 0) is 25.0 Å². The predicted molar refractivity (Wildman–Crippen MR) is 108 cm³/mol. The van der Waals surface area contributed by atoms with E-state index in [2.05, 4.69) is 10.7 Å². The highest BCUT2D eigenvalue weighted by Crippen LogP contribution is 2.35. The number of imide groups is 1. The summed E-state index contributed by atoms with van der Waals surface area (Å²) in [4.78, 5) is 49.7. The number of esters is 1. The highest BCUT2D eigenvalue weighted by Gasteiger charge is 2.54. The van der Waals surface area contributed by atoms with Crippen molar-refractivity contribution in [3.63, 3.8) is 0 Å². The lowest BCUT2D eigenvalue weighted by molar-refractivity contribution is -0.147. The number of urea groups is 1. The van der Waals surface area contributed by atoms with Gasteiger partial charge in [-0.15, -0.1) is 0 Å². The zero-order valence-corrected chi connectivity index (χ0v) is 16.5. The van der Waals surface area contributed by atoms with Crippen molar-refractivity contribution in [3.05, 3.63) is 83.4 Å². The summed E-state index contributed by atoms with van der Waals surface area (Å²) < 4.78 is 4.82. The van der Waals surface area contributed by atoms with Crippen LogP contribution < -0.4 is 10.7 Å². The monoisotopic (exact) mass is 407 g/mol. The van der Waals surface area contributed by atoms with E-state index in [0.29, 0.717) is 21.7 Å². The average molecular weight is 407 g/mol. The number of nitrogens with one attached hydrogen (secondary N) is 2. The molecule has 1 saturated heterocycles. The third-order valence-corrected chi connectivity index (χ3v) is 4.42. The summed E-state index contributed by atoms with van der Waals surface area (Å²) >= 11 is 0. The van der Waals surface area contributed by atoms with Crippen molar-refractivity contribution < 1.29 is 23.9 Å². The fraction of sp³-hybridized carbons (Fsp3) is 0.182. The Balaban J connectivity index is 1.85. The largest absolute Gasteiger partial charge is 0.452 e. The van der Waals surface area contributed by atoms with Gasteiger partial charge in [0, 0.05) is 6.08 Å². The number of ether oxygens (including phenoxy) is 1. The van der Waals surface area contributed by atoms with E-state index in [1.165, 1.54) is 6.08 Å². The molecule has 2 aromatic carbocycles. The number of benzene rings is 2. The minimum Gasteiger partial charge on any atom is -0.452 e. The average Bonchev–Trinajstić information content (AvgIpc) is 2.99. The van der Waals surface area contributed by atoms with E-state index in [0.717, 1.165) is 0 Å². The first-order valence-corrected chi connectivity index (χ1v) is 9.23. The molecule has 30 heavy (non-hydrogen) atoms. The van der Waals surface area contributed by atoms with Crippen LogP contribution in [0, 0.1) is 0 Å². The first kappa shape index (κ1) is 20.8. The van der Waals surface area contributed by atoms with Gasteiger partial charge in [-0.3, -0.25) is 15.0 Å². The Morgan fingerprint density at radius 2 is 1.53 bits per heavy atom. The molecule has 0 aliphatic carbocycles. The number of rotatable bonds is 6. The molecule has 1 heterocycles. The summed E-state index contributed by atoms with van der Waals surface area (Å²) in [6.45, 7) is 2.78. The van der Waals surface area contributed by atoms with Crippen LogP contribution in [0.3, 0.4) is 0 Å². The highest BCUT2D eigenvalue weighted by atomic mass is 16.5. The number of allylic oxidation sites excluding steroid dienone is 1. The summed E-state index contributed by atoms with van der Waals surface area (Å²) in [5, 5.41) is 3.31. The summed E-state index contributed by atoms with van der Waals surface area (Å²) in [7, 11) is 0. The third kappa shape index (κ3) is 4.07. The van der Waals surface area contributed by atoms with Crippen molar-refractivity contribution in [2.24, 2.45) is 0 Å². The minimum absolute atomic E-state index is 0.543. The van der Waals surface area contributed by atoms with Crippen LogP contribution in [0.1, 0.15) is 25.0 Å². The van der Waals surface area contributed by atoms with Gasteiger partial charge >= 0.3 is 12.0 Å². The van der Waals surface area contributed by atoms with Crippen molar-refractivity contribution in [1.82, 2.24) is 15.8 Å². The number of carbonyl (C=O) groups is 4. The van der Waals surface area contributed by atoms with Gasteiger partial charge < -0.3 is 10.1 Å². The number of nitrogens with zero attached hydrogens (tertiary/aromatic N) is 1. The first-order valence-electron chi connectivity index (χ1n) is 9.23. The maximum atomic E-state index is 13.4. The quantitative estimate of drug-likeness (QED) is 0.433. The van der Waals surface area contributed by atoms with Gasteiger partial charge in [-0.2, -0.15) is 5.01 Å². The normalized spacial score (nSPS) is 14.7. The Morgan fingerprint density at radius 3 is 2.03 bits per heavy atom. The van der Waals surface area contributed by atoms with E-state index >= 15 is 0 Å². The van der Waals surface area contributed by atoms with E-state index in [1.807, 2.05) is 0 Å². The van der Waals surface area contributed by atoms with Crippen molar-refractivity contribution in [2.75, 3.05) is 6.61 Å². The molecule has 0 bridgehead atoms. The molecule has 3 rings (SSSR count). The maximum Gasteiger partial charge on any atom is 0.344 e. The van der Waals surface area contributed by atoms with Crippen LogP contribution in [0.25, 0.3) is 0 Å². The number of carbonyl (C=O) groups excluding carboxylic acids is 4. The lowest BCUT2D eigenvalue weighted by atomic mass is 9.83. The summed E-state index contributed by atoms with van der Waals surface area (Å²) in [5.41, 5.74) is 2.52. The summed E-state index contributed by atoms with van der Waals surface area (Å²) in [6.07, 6.45) is 1.23. The standard InChI is InChI=1S/C22H21N3O5/c1-15(2)13-19(27)30-14-18(26)24-25-20(28)22(23-21(25)29,16-9-5-3-6-10-16)17-11-7-4-8-12-17/h3-13H,14H2,1-2H3,(H,23,29)(H,24,26). The summed E-state index contributed by atoms with van der Waals surface area (Å²) in [6, 6.07) is 16.7. The molecular formula is C22H21N3O5. The van der Waals surface area contributed by atoms with Crippen molar-refractivity contribution in [2.45, 2.75) is 19.4 Å². The SMILES string of the molecule is CC(C)=CC(=O)OCC(=O)NN1C(=O)NC(c2ccccc2)(c2ccccc2)C1=O. The zero-order chi connectivity index (χ0) is 21.7. The summed E-state index contributed by atoms with van der Waals surface area (Å²) in [5.74, 6) is -2.18. The van der Waals surface area contributed by atoms with Gasteiger partial charge in [-0.1, -0.05) is 66.2 Å². The second-order valence-electron chi connectivity index (χ2n) is 6.92. The van der Waals surface area contributed by atoms with E-state index in [4.69, 9.17) is 4.74 Å². The molecule has 1 fully saturated rings. The Bertz CT molecular complexity index is 958. The van der Waals surface area contributed by atoms with Crippen LogP contribution in [-0.2, 0) is 24.7 Å². The van der Waals surface area contributed by atoms with Crippen LogP contribution in [0.15, 0.2) is 72.3 Å². The molecule has 1 aliphatic rings. The second-order valence-corrected chi connectivity index (χ2v) is 6.92. The van der Waals surface area contributed by atoms with Gasteiger partial charge in [-0.25, -0.2) is 9.59 Å². The fourth-order valence-corrected chi connectivity index (χ4v) is 3.14. The van der Waals surface area contributed by atoms with E-state index < -0.39 is 36.0 Å². The molecule has 4 amide bonds. The van der Waals surface area contributed by atoms with Crippen LogP contribution >= 0.6 is 0 Å². The van der Waals surface area contributed by atoms with E-state index in [-0.39, 0.29) is 0 Å². The molecular weight excluding hydrogens is 386 g/mol. The molecule has 2 N–H and O–H groups in total. The lowest BCUT2D eigenvalue weighted by Gasteiger charge is -2.27. The lowest BCUT2D eigenvalue weighted by Crippen LogP contribution is -2.50. The van der Waals surface area contributed by atoms with Gasteiger partial charge in [0.1, 0.15) is 0 Å². The van der Waals surface area contributed by atoms with Crippen LogP contribution in [0.5, 0.6) is 0 Å². The molecule has 1 aliphatic heterocycles. The smallest absolute Gasteiger partial charge is 0.344 e. The maximum absolute atomic E-state index is 13.4. The van der Waals surface area contributed by atoms with E-state index in [9.17, 15) is 19.2 Å². The Labute approximate surface area is 173 Å². The predicted octanol–water partition coefficient (Wildman–Crippen LogP) is 2.02. The number of hydrogen-bond donors (Lipinski definition) is 2. The number of hydrogen-bond acceptors (Lipinski definition) is 5. The van der Waals surface area contributed by atoms with Crippen molar-refractivity contribution in [3.8, 4) is 0 Å². The Kier molecular flexibility index (Phi) is 5.96. The molecule has 0 atom stereocenters. The minimum atomic E-state index is -1.49. The molecule has 0 aromatic heterocycles. The first-order chi connectivity index (χ1) is 14.3. The van der Waals surface area contributed by atoms with Gasteiger partial charge in [0.2, 0.25) is 0 Å². The second kappa shape index (κ2) is 8.60.